The van der Waals surface area contributed by atoms with Gasteiger partial charge in [0.1, 0.15) is 0 Å². The number of halogens is 1. The van der Waals surface area contributed by atoms with Gasteiger partial charge in [0.05, 0.1) is 0 Å². The highest BCUT2D eigenvalue weighted by Crippen LogP contribution is 2.27. The molecule has 1 aliphatic carbocycles. The highest BCUT2D eigenvalue weighted by atomic mass is 79.9. The summed E-state index contributed by atoms with van der Waals surface area (Å²) < 4.78 is 1.16. The van der Waals surface area contributed by atoms with Crippen molar-refractivity contribution in [2.75, 3.05) is 6.61 Å². The van der Waals surface area contributed by atoms with E-state index in [1.54, 1.807) is 0 Å². The molecule has 1 aliphatic rings. The monoisotopic (exact) mass is 240 g/mol. The summed E-state index contributed by atoms with van der Waals surface area (Å²) in [6.45, 7) is 0.329. The lowest BCUT2D eigenvalue weighted by Crippen LogP contribution is -2.17. The second-order valence-corrected chi connectivity index (χ2v) is 4.62. The van der Waals surface area contributed by atoms with E-state index in [1.807, 2.05) is 0 Å². The van der Waals surface area contributed by atoms with Crippen LogP contribution in [0.5, 0.6) is 0 Å². The highest BCUT2D eigenvalue weighted by molar-refractivity contribution is 9.10. The molecule has 1 N–H and O–H groups in total. The molecule has 0 amide bonds. The molecule has 1 aromatic rings. The third kappa shape index (κ3) is 1.94. The Balaban J connectivity index is 2.26. The highest BCUT2D eigenvalue weighted by Gasteiger charge is 2.17. The van der Waals surface area contributed by atoms with Crippen LogP contribution in [-0.4, -0.2) is 11.7 Å². The van der Waals surface area contributed by atoms with Crippen LogP contribution in [0.4, 0.5) is 0 Å². The molecular weight excluding hydrogens is 228 g/mol. The SMILES string of the molecule is OCC1CCc2cc(Br)ccc2C1. The van der Waals surface area contributed by atoms with Crippen molar-refractivity contribution in [3.05, 3.63) is 33.8 Å². The van der Waals surface area contributed by atoms with Gasteiger partial charge in [-0.15, -0.1) is 0 Å². The Labute approximate surface area is 86.9 Å². The largest absolute Gasteiger partial charge is 0.396 e. The van der Waals surface area contributed by atoms with Crippen molar-refractivity contribution >= 4 is 15.9 Å². The van der Waals surface area contributed by atoms with E-state index in [0.29, 0.717) is 12.5 Å². The second-order valence-electron chi connectivity index (χ2n) is 3.70. The van der Waals surface area contributed by atoms with E-state index >= 15 is 0 Å². The fourth-order valence-corrected chi connectivity index (χ4v) is 2.36. The van der Waals surface area contributed by atoms with Gasteiger partial charge in [0.2, 0.25) is 0 Å². The molecule has 70 valence electrons. The molecule has 1 atom stereocenters. The Morgan fingerprint density at radius 2 is 2.23 bits per heavy atom. The van der Waals surface area contributed by atoms with E-state index in [-0.39, 0.29) is 0 Å². The number of rotatable bonds is 1. The lowest BCUT2D eigenvalue weighted by Gasteiger charge is -2.22. The van der Waals surface area contributed by atoms with Crippen LogP contribution < -0.4 is 0 Å². The maximum atomic E-state index is 9.06. The van der Waals surface area contributed by atoms with Crippen LogP contribution in [0, 0.1) is 5.92 Å². The van der Waals surface area contributed by atoms with Gasteiger partial charge in [0, 0.05) is 11.1 Å². The van der Waals surface area contributed by atoms with Gasteiger partial charge in [0.25, 0.3) is 0 Å². The van der Waals surface area contributed by atoms with Gasteiger partial charge in [-0.3, -0.25) is 0 Å². The number of aliphatic hydroxyl groups excluding tert-OH is 1. The first-order chi connectivity index (χ1) is 6.29. The van der Waals surface area contributed by atoms with Gasteiger partial charge in [-0.05, 0) is 48.4 Å². The van der Waals surface area contributed by atoms with Crippen molar-refractivity contribution in [3.8, 4) is 0 Å². The zero-order chi connectivity index (χ0) is 9.26. The molecule has 1 unspecified atom stereocenters. The van der Waals surface area contributed by atoms with Crippen LogP contribution in [-0.2, 0) is 12.8 Å². The average Bonchev–Trinajstić information content (AvgIpc) is 2.17. The lowest BCUT2D eigenvalue weighted by atomic mass is 9.84. The van der Waals surface area contributed by atoms with Crippen LogP contribution in [0.2, 0.25) is 0 Å². The van der Waals surface area contributed by atoms with Crippen LogP contribution in [0.25, 0.3) is 0 Å². The third-order valence-electron chi connectivity index (χ3n) is 2.76. The Bertz CT molecular complexity index is 309. The van der Waals surface area contributed by atoms with Crippen LogP contribution >= 0.6 is 15.9 Å². The van der Waals surface area contributed by atoms with Crippen molar-refractivity contribution in [2.45, 2.75) is 19.3 Å². The molecule has 0 saturated carbocycles. The molecule has 0 saturated heterocycles. The lowest BCUT2D eigenvalue weighted by molar-refractivity contribution is 0.213. The van der Waals surface area contributed by atoms with E-state index in [0.717, 1.165) is 23.7 Å². The summed E-state index contributed by atoms with van der Waals surface area (Å²) in [5.74, 6) is 0.480. The summed E-state index contributed by atoms with van der Waals surface area (Å²) in [5.41, 5.74) is 2.85. The number of aryl methyl sites for hydroxylation is 1. The fraction of sp³-hybridized carbons (Fsp3) is 0.455. The number of aliphatic hydroxyl groups is 1. The summed E-state index contributed by atoms with van der Waals surface area (Å²) in [7, 11) is 0. The third-order valence-corrected chi connectivity index (χ3v) is 3.25. The predicted octanol–water partition coefficient (Wildman–Crippen LogP) is 2.55. The first-order valence-corrected chi connectivity index (χ1v) is 5.47. The summed E-state index contributed by atoms with van der Waals surface area (Å²) in [4.78, 5) is 0. The predicted molar refractivity (Wildman–Crippen MR) is 56.7 cm³/mol. The molecule has 0 aliphatic heterocycles. The minimum atomic E-state index is 0.329. The topological polar surface area (TPSA) is 20.2 Å². The number of hydrogen-bond donors (Lipinski definition) is 1. The quantitative estimate of drug-likeness (QED) is 0.801. The van der Waals surface area contributed by atoms with Gasteiger partial charge in [0.15, 0.2) is 0 Å². The summed E-state index contributed by atoms with van der Waals surface area (Å²) in [6, 6.07) is 6.45. The molecule has 0 bridgehead atoms. The molecule has 2 heteroatoms. The molecule has 1 nitrogen and oxygen atoms in total. The molecule has 13 heavy (non-hydrogen) atoms. The minimum Gasteiger partial charge on any atom is -0.396 e. The maximum absolute atomic E-state index is 9.06. The van der Waals surface area contributed by atoms with Gasteiger partial charge >= 0.3 is 0 Å². The van der Waals surface area contributed by atoms with Crippen molar-refractivity contribution in [1.82, 2.24) is 0 Å². The Kier molecular flexibility index (Phi) is 2.70. The first-order valence-electron chi connectivity index (χ1n) is 4.68. The number of benzene rings is 1. The van der Waals surface area contributed by atoms with Crippen LogP contribution in [0.15, 0.2) is 22.7 Å². The summed E-state index contributed by atoms with van der Waals surface area (Å²) in [5, 5.41) is 9.06. The Hall–Kier alpha value is -0.340. The van der Waals surface area contributed by atoms with Crippen LogP contribution in [0.1, 0.15) is 17.5 Å². The standard InChI is InChI=1S/C11H13BrO/c12-11-4-3-9-5-8(7-13)1-2-10(9)6-11/h3-4,6,8,13H,1-2,5,7H2. The van der Waals surface area contributed by atoms with Gasteiger partial charge in [-0.25, -0.2) is 0 Å². The summed E-state index contributed by atoms with van der Waals surface area (Å²) >= 11 is 3.47. The van der Waals surface area contributed by atoms with Crippen molar-refractivity contribution in [2.24, 2.45) is 5.92 Å². The van der Waals surface area contributed by atoms with Gasteiger partial charge in [-0.1, -0.05) is 22.0 Å². The van der Waals surface area contributed by atoms with E-state index < -0.39 is 0 Å². The molecule has 0 aromatic heterocycles. The Morgan fingerprint density at radius 1 is 1.38 bits per heavy atom. The molecular formula is C11H13BrO. The molecule has 0 fully saturated rings. The first kappa shape index (κ1) is 9.22. The molecule has 0 spiro atoms. The number of hydrogen-bond acceptors (Lipinski definition) is 1. The van der Waals surface area contributed by atoms with E-state index in [1.165, 1.54) is 11.1 Å². The zero-order valence-electron chi connectivity index (χ0n) is 7.46. The summed E-state index contributed by atoms with van der Waals surface area (Å²) in [6.07, 6.45) is 3.28. The molecule has 1 aromatic carbocycles. The zero-order valence-corrected chi connectivity index (χ0v) is 9.05. The van der Waals surface area contributed by atoms with Gasteiger partial charge < -0.3 is 5.11 Å². The number of fused-ring (bicyclic) bond motifs is 1. The van der Waals surface area contributed by atoms with Crippen molar-refractivity contribution in [1.29, 1.82) is 0 Å². The minimum absolute atomic E-state index is 0.329. The fourth-order valence-electron chi connectivity index (χ4n) is 1.95. The average molecular weight is 241 g/mol. The molecule has 0 heterocycles. The van der Waals surface area contributed by atoms with E-state index in [2.05, 4.69) is 34.1 Å². The normalized spacial score (nSPS) is 21.2. The van der Waals surface area contributed by atoms with Gasteiger partial charge in [-0.2, -0.15) is 0 Å². The van der Waals surface area contributed by atoms with Crippen molar-refractivity contribution in [3.63, 3.8) is 0 Å². The Morgan fingerprint density at radius 3 is 3.00 bits per heavy atom. The van der Waals surface area contributed by atoms with E-state index in [9.17, 15) is 0 Å². The second kappa shape index (κ2) is 3.81. The molecule has 2 rings (SSSR count). The van der Waals surface area contributed by atoms with E-state index in [4.69, 9.17) is 5.11 Å². The van der Waals surface area contributed by atoms with Crippen LogP contribution in [0.3, 0.4) is 0 Å². The van der Waals surface area contributed by atoms with Crippen molar-refractivity contribution < 1.29 is 5.11 Å². The maximum Gasteiger partial charge on any atom is 0.0462 e. The molecule has 0 radical (unpaired) electrons. The smallest absolute Gasteiger partial charge is 0.0462 e.